The predicted molar refractivity (Wildman–Crippen MR) is 155 cm³/mol. The molecule has 216 valence electrons. The monoisotopic (exact) mass is 598 g/mol. The van der Waals surface area contributed by atoms with Crippen molar-refractivity contribution in [2.45, 2.75) is 30.4 Å². The normalized spacial score (nSPS) is 15.2. The Hall–Kier alpha value is -3.77. The lowest BCUT2D eigenvalue weighted by molar-refractivity contribution is -0.123. The van der Waals surface area contributed by atoms with Gasteiger partial charge in [-0.05, 0) is 72.5 Å². The van der Waals surface area contributed by atoms with Crippen molar-refractivity contribution in [1.82, 2.24) is 15.0 Å². The first-order valence-corrected chi connectivity index (χ1v) is 14.8. The average Bonchev–Trinajstić information content (AvgIpc) is 3.50. The van der Waals surface area contributed by atoms with E-state index in [0.717, 1.165) is 29.3 Å². The van der Waals surface area contributed by atoms with Crippen LogP contribution in [-0.2, 0) is 30.9 Å². The van der Waals surface area contributed by atoms with Gasteiger partial charge >= 0.3 is 0 Å². The number of benzene rings is 3. The van der Waals surface area contributed by atoms with Crippen molar-refractivity contribution in [1.29, 1.82) is 0 Å². The van der Waals surface area contributed by atoms with E-state index < -0.39 is 22.5 Å². The molecule has 0 bridgehead atoms. The van der Waals surface area contributed by atoms with Crippen LogP contribution in [0.15, 0.2) is 88.9 Å². The molecule has 12 heteroatoms. The number of ether oxygens (including phenoxy) is 2. The lowest BCUT2D eigenvalue weighted by atomic mass is 10.2. The lowest BCUT2D eigenvalue weighted by Crippen LogP contribution is -2.39. The fourth-order valence-corrected chi connectivity index (χ4v) is 5.54. The van der Waals surface area contributed by atoms with Gasteiger partial charge in [-0.1, -0.05) is 41.9 Å². The number of hydrazone groups is 1. The van der Waals surface area contributed by atoms with Gasteiger partial charge in [-0.15, -0.1) is 0 Å². The first-order valence-electron chi connectivity index (χ1n) is 13.0. The molecule has 0 aromatic heterocycles. The molecule has 0 aliphatic carbocycles. The summed E-state index contributed by atoms with van der Waals surface area (Å²) in [5.74, 6) is -0.334. The summed E-state index contributed by atoms with van der Waals surface area (Å²) in [4.78, 5) is 24.7. The average molecular weight is 599 g/mol. The third-order valence-corrected chi connectivity index (χ3v) is 8.23. The number of nitrogens with zero attached hydrogens (tertiary/aromatic N) is 2. The smallest absolute Gasteiger partial charge is 0.258 e. The first kappa shape index (κ1) is 30.2. The Morgan fingerprint density at radius 1 is 1.02 bits per heavy atom. The molecule has 0 spiro atoms. The van der Waals surface area contributed by atoms with Crippen LogP contribution in [-0.4, -0.2) is 63.2 Å². The van der Waals surface area contributed by atoms with Gasteiger partial charge in [0.1, 0.15) is 5.75 Å². The number of nitrogens with one attached hydrogen (secondary N) is 2. The summed E-state index contributed by atoms with van der Waals surface area (Å²) < 4.78 is 38.7. The van der Waals surface area contributed by atoms with E-state index in [-0.39, 0.29) is 30.1 Å². The van der Waals surface area contributed by atoms with Crippen LogP contribution in [0.2, 0.25) is 5.02 Å². The summed E-state index contributed by atoms with van der Waals surface area (Å²) in [5.41, 5.74) is 3.77. The van der Waals surface area contributed by atoms with E-state index in [4.69, 9.17) is 21.1 Å². The van der Waals surface area contributed by atoms with Gasteiger partial charge in [-0.25, -0.2) is 13.8 Å². The van der Waals surface area contributed by atoms with Gasteiger partial charge in [0.2, 0.25) is 10.0 Å². The maximum absolute atomic E-state index is 13.3. The number of rotatable bonds is 13. The van der Waals surface area contributed by atoms with Crippen LogP contribution in [0.4, 0.5) is 0 Å². The minimum absolute atomic E-state index is 0.00320. The molecule has 1 aliphatic rings. The number of amides is 2. The Morgan fingerprint density at radius 2 is 1.76 bits per heavy atom. The molecular weight excluding hydrogens is 568 g/mol. The van der Waals surface area contributed by atoms with Crippen molar-refractivity contribution in [2.75, 3.05) is 26.3 Å². The van der Waals surface area contributed by atoms with Crippen LogP contribution in [0.1, 0.15) is 24.0 Å². The standard InChI is InChI=1S/C29H31ClN4O6S/c30-24-10-14-27(15-11-24)41(37,38)34(19-23-5-2-1-3-6-23)20-28(35)33-32-17-22-8-12-25(13-9-22)40-21-29(36)31-18-26-7-4-16-39-26/h1-3,5-6,8-15,17,26H,4,7,16,18-21H2,(H,31,36)(H,33,35)/b32-17+/t26-/m0/s1. The second kappa shape index (κ2) is 14.7. The molecular formula is C29H31ClN4O6S. The third-order valence-electron chi connectivity index (χ3n) is 6.18. The van der Waals surface area contributed by atoms with Crippen LogP contribution in [0, 0.1) is 0 Å². The highest BCUT2D eigenvalue weighted by Crippen LogP contribution is 2.20. The molecule has 0 radical (unpaired) electrons. The Kier molecular flexibility index (Phi) is 10.9. The third kappa shape index (κ3) is 9.39. The van der Waals surface area contributed by atoms with Crippen LogP contribution < -0.4 is 15.5 Å². The van der Waals surface area contributed by atoms with Gasteiger partial charge in [-0.2, -0.15) is 9.41 Å². The summed E-state index contributed by atoms with van der Waals surface area (Å²) in [6.07, 6.45) is 3.44. The number of halogens is 1. The van der Waals surface area contributed by atoms with Crippen molar-refractivity contribution in [3.05, 3.63) is 95.0 Å². The zero-order valence-corrected chi connectivity index (χ0v) is 23.8. The largest absolute Gasteiger partial charge is 0.484 e. The topological polar surface area (TPSA) is 126 Å². The van der Waals surface area contributed by atoms with Crippen molar-refractivity contribution in [3.63, 3.8) is 0 Å². The molecule has 0 saturated carbocycles. The number of hydrogen-bond acceptors (Lipinski definition) is 7. The van der Waals surface area contributed by atoms with E-state index in [1.165, 1.54) is 30.5 Å². The van der Waals surface area contributed by atoms with Crippen LogP contribution in [0.5, 0.6) is 5.75 Å². The highest BCUT2D eigenvalue weighted by Gasteiger charge is 2.27. The molecule has 2 N–H and O–H groups in total. The molecule has 1 fully saturated rings. The van der Waals surface area contributed by atoms with Gasteiger partial charge in [0.15, 0.2) is 6.61 Å². The van der Waals surface area contributed by atoms with Gasteiger partial charge in [0.25, 0.3) is 11.8 Å². The Morgan fingerprint density at radius 3 is 2.44 bits per heavy atom. The lowest BCUT2D eigenvalue weighted by Gasteiger charge is -2.21. The first-order chi connectivity index (χ1) is 19.8. The Balaban J connectivity index is 1.29. The Bertz CT molecular complexity index is 1430. The zero-order valence-electron chi connectivity index (χ0n) is 22.2. The second-order valence-electron chi connectivity index (χ2n) is 9.30. The van der Waals surface area contributed by atoms with E-state index >= 15 is 0 Å². The Labute approximate surface area is 244 Å². The highest BCUT2D eigenvalue weighted by molar-refractivity contribution is 7.89. The molecule has 4 rings (SSSR count). The SMILES string of the molecule is O=C(COc1ccc(/C=N/NC(=O)CN(Cc2ccccc2)S(=O)(=O)c2ccc(Cl)cc2)cc1)NC[C@@H]1CCCO1. The van der Waals surface area contributed by atoms with Crippen molar-refractivity contribution < 1.29 is 27.5 Å². The van der Waals surface area contributed by atoms with Crippen LogP contribution in [0.25, 0.3) is 0 Å². The van der Waals surface area contributed by atoms with Gasteiger partial charge in [0, 0.05) is 24.7 Å². The molecule has 41 heavy (non-hydrogen) atoms. The van der Waals surface area contributed by atoms with E-state index in [1.807, 2.05) is 6.07 Å². The summed E-state index contributed by atoms with van der Waals surface area (Å²) >= 11 is 5.92. The number of sulfonamides is 1. The number of carbonyl (C=O) groups is 2. The molecule has 3 aromatic carbocycles. The van der Waals surface area contributed by atoms with Crippen molar-refractivity contribution >= 4 is 39.7 Å². The summed E-state index contributed by atoms with van der Waals surface area (Å²) in [5, 5.41) is 7.15. The zero-order chi connectivity index (χ0) is 29.1. The molecule has 10 nitrogen and oxygen atoms in total. The molecule has 0 unspecified atom stereocenters. The molecule has 2 amide bonds. The number of carbonyl (C=O) groups excluding carboxylic acids is 2. The van der Waals surface area contributed by atoms with Gasteiger partial charge < -0.3 is 14.8 Å². The quantitative estimate of drug-likeness (QED) is 0.230. The van der Waals surface area contributed by atoms with E-state index in [0.29, 0.717) is 22.9 Å². The predicted octanol–water partition coefficient (Wildman–Crippen LogP) is 3.36. The maximum atomic E-state index is 13.3. The maximum Gasteiger partial charge on any atom is 0.258 e. The minimum Gasteiger partial charge on any atom is -0.484 e. The summed E-state index contributed by atoms with van der Waals surface area (Å²) in [7, 11) is -4.00. The summed E-state index contributed by atoms with van der Waals surface area (Å²) in [6, 6.07) is 21.5. The van der Waals surface area contributed by atoms with E-state index in [9.17, 15) is 18.0 Å². The van der Waals surface area contributed by atoms with Crippen LogP contribution in [0.3, 0.4) is 0 Å². The fourth-order valence-electron chi connectivity index (χ4n) is 4.03. The van der Waals surface area contributed by atoms with Gasteiger partial charge in [-0.3, -0.25) is 9.59 Å². The van der Waals surface area contributed by atoms with E-state index in [2.05, 4.69) is 15.8 Å². The molecule has 1 atom stereocenters. The summed E-state index contributed by atoms with van der Waals surface area (Å²) in [6.45, 7) is 0.639. The highest BCUT2D eigenvalue weighted by atomic mass is 35.5. The second-order valence-corrected chi connectivity index (χ2v) is 11.7. The van der Waals surface area contributed by atoms with Crippen molar-refractivity contribution in [2.24, 2.45) is 5.10 Å². The molecule has 1 aliphatic heterocycles. The fraction of sp³-hybridized carbons (Fsp3) is 0.276. The van der Waals surface area contributed by atoms with Crippen LogP contribution >= 0.6 is 11.6 Å². The number of hydrogen-bond donors (Lipinski definition) is 2. The minimum atomic E-state index is -4.00. The molecule has 1 heterocycles. The molecule has 1 saturated heterocycles. The van der Waals surface area contributed by atoms with Crippen molar-refractivity contribution in [3.8, 4) is 5.75 Å². The van der Waals surface area contributed by atoms with E-state index in [1.54, 1.807) is 48.5 Å². The van der Waals surface area contributed by atoms with Gasteiger partial charge in [0.05, 0.1) is 23.8 Å². The molecule has 3 aromatic rings.